The third-order valence-corrected chi connectivity index (χ3v) is 5.31. The van der Waals surface area contributed by atoms with Gasteiger partial charge in [0.25, 0.3) is 0 Å². The summed E-state index contributed by atoms with van der Waals surface area (Å²) in [5.74, 6) is 1.82. The summed E-state index contributed by atoms with van der Waals surface area (Å²) >= 11 is 3.77. The number of rotatable bonds is 6. The molecule has 0 aromatic heterocycles. The zero-order chi connectivity index (χ0) is 19.2. The number of hydrogen-bond acceptors (Lipinski definition) is 2. The van der Waals surface area contributed by atoms with Crippen molar-refractivity contribution in [1.82, 2.24) is 0 Å². The van der Waals surface area contributed by atoms with E-state index in [1.54, 1.807) is 14.2 Å². The number of hydrogen-bond donors (Lipinski definition) is 0. The van der Waals surface area contributed by atoms with Crippen LogP contribution < -0.4 is 9.47 Å². The molecule has 0 spiro atoms. The fourth-order valence-corrected chi connectivity index (χ4v) is 3.49. The molecule has 0 N–H and O–H groups in total. The van der Waals surface area contributed by atoms with Crippen molar-refractivity contribution in [3.05, 3.63) is 101 Å². The van der Waals surface area contributed by atoms with Crippen LogP contribution in [0.2, 0.25) is 0 Å². The van der Waals surface area contributed by atoms with Crippen molar-refractivity contribution >= 4 is 20.4 Å². The number of aryl methyl sites for hydroxylation is 1. The van der Waals surface area contributed by atoms with Gasteiger partial charge < -0.3 is 9.47 Å². The molecule has 0 saturated carbocycles. The largest absolute Gasteiger partial charge is 0.497 e. The number of benzene rings is 3. The highest BCUT2D eigenvalue weighted by Crippen LogP contribution is 2.33. The van der Waals surface area contributed by atoms with Gasteiger partial charge in [-0.25, -0.2) is 0 Å². The Hall–Kier alpha value is -2.52. The predicted octanol–water partition coefficient (Wildman–Crippen LogP) is 6.58. The minimum Gasteiger partial charge on any atom is -0.497 e. The Kier molecular flexibility index (Phi) is 6.36. The summed E-state index contributed by atoms with van der Waals surface area (Å²) in [6.07, 6.45) is 2.24. The van der Waals surface area contributed by atoms with E-state index >= 15 is 0 Å². The summed E-state index contributed by atoms with van der Waals surface area (Å²) in [6, 6.07) is 25.0. The van der Waals surface area contributed by atoms with E-state index in [2.05, 4.69) is 77.5 Å². The van der Waals surface area contributed by atoms with Gasteiger partial charge in [-0.05, 0) is 47.9 Å². The van der Waals surface area contributed by atoms with Crippen molar-refractivity contribution in [3.63, 3.8) is 0 Å². The molecular formula is C24H23BrO2. The van der Waals surface area contributed by atoms with Gasteiger partial charge in [-0.3, -0.25) is 0 Å². The molecule has 138 valence electrons. The Morgan fingerprint density at radius 2 is 1.19 bits per heavy atom. The summed E-state index contributed by atoms with van der Waals surface area (Å²) in [5, 5.41) is 0. The molecule has 0 fully saturated rings. The summed E-state index contributed by atoms with van der Waals surface area (Å²) in [7, 11) is 3.37. The first-order valence-electron chi connectivity index (χ1n) is 8.83. The minimum atomic E-state index is 0.109. The number of methoxy groups -OCH3 is 2. The summed E-state index contributed by atoms with van der Waals surface area (Å²) in [6.45, 7) is 2.10. The van der Waals surface area contributed by atoms with Gasteiger partial charge in [0.15, 0.2) is 0 Å². The Balaban J connectivity index is 2.02. The van der Waals surface area contributed by atoms with E-state index in [0.717, 1.165) is 21.5 Å². The second-order valence-electron chi connectivity index (χ2n) is 6.40. The topological polar surface area (TPSA) is 18.5 Å². The van der Waals surface area contributed by atoms with Crippen LogP contribution in [0.4, 0.5) is 0 Å². The van der Waals surface area contributed by atoms with Crippen molar-refractivity contribution in [2.75, 3.05) is 14.2 Å². The SMILES string of the molecule is COc1ccc(C(/C=C(/Br)c2ccc(C)cc2)c2ccc(OC)cc2)cc1. The maximum atomic E-state index is 5.31. The van der Waals surface area contributed by atoms with Crippen LogP contribution >= 0.6 is 15.9 Å². The van der Waals surface area contributed by atoms with Crippen LogP contribution in [0.25, 0.3) is 4.48 Å². The fourth-order valence-electron chi connectivity index (χ4n) is 2.96. The number of halogens is 1. The van der Waals surface area contributed by atoms with Gasteiger partial charge in [0.1, 0.15) is 11.5 Å². The van der Waals surface area contributed by atoms with E-state index in [-0.39, 0.29) is 5.92 Å². The maximum absolute atomic E-state index is 5.31. The molecule has 2 nitrogen and oxygen atoms in total. The molecule has 0 unspecified atom stereocenters. The van der Waals surface area contributed by atoms with Crippen LogP contribution in [0.15, 0.2) is 78.9 Å². The Morgan fingerprint density at radius 1 is 0.741 bits per heavy atom. The van der Waals surface area contributed by atoms with E-state index in [1.165, 1.54) is 16.7 Å². The molecule has 3 aromatic rings. The van der Waals surface area contributed by atoms with Crippen molar-refractivity contribution < 1.29 is 9.47 Å². The van der Waals surface area contributed by atoms with Crippen molar-refractivity contribution in [1.29, 1.82) is 0 Å². The molecule has 0 aliphatic heterocycles. The van der Waals surface area contributed by atoms with Gasteiger partial charge in [0.05, 0.1) is 14.2 Å². The maximum Gasteiger partial charge on any atom is 0.118 e. The highest BCUT2D eigenvalue weighted by molar-refractivity contribution is 9.15. The molecule has 3 rings (SSSR count). The van der Waals surface area contributed by atoms with Gasteiger partial charge in [0.2, 0.25) is 0 Å². The van der Waals surface area contributed by atoms with Crippen molar-refractivity contribution in [2.45, 2.75) is 12.8 Å². The van der Waals surface area contributed by atoms with Crippen LogP contribution in [0.1, 0.15) is 28.2 Å². The van der Waals surface area contributed by atoms with Gasteiger partial charge >= 0.3 is 0 Å². The third kappa shape index (κ3) is 4.81. The Labute approximate surface area is 169 Å². The first-order valence-corrected chi connectivity index (χ1v) is 9.62. The standard InChI is InChI=1S/C24H23BrO2/c1-17-4-6-20(7-5-17)24(25)16-23(18-8-12-21(26-2)13-9-18)19-10-14-22(27-3)15-11-19/h4-16,23H,1-3H3/b24-16+. The first-order chi connectivity index (χ1) is 13.1. The first kappa shape index (κ1) is 19.2. The van der Waals surface area contributed by atoms with Crippen LogP contribution in [-0.2, 0) is 0 Å². The van der Waals surface area contributed by atoms with Crippen LogP contribution in [-0.4, -0.2) is 14.2 Å². The van der Waals surface area contributed by atoms with E-state index < -0.39 is 0 Å². The van der Waals surface area contributed by atoms with Gasteiger partial charge in [0, 0.05) is 10.4 Å². The second kappa shape index (κ2) is 8.92. The molecule has 0 heterocycles. The lowest BCUT2D eigenvalue weighted by atomic mass is 9.90. The second-order valence-corrected chi connectivity index (χ2v) is 7.26. The smallest absolute Gasteiger partial charge is 0.118 e. The fraction of sp³-hybridized carbons (Fsp3) is 0.167. The summed E-state index contributed by atoms with van der Waals surface area (Å²) in [4.78, 5) is 0. The van der Waals surface area contributed by atoms with Crippen molar-refractivity contribution in [3.8, 4) is 11.5 Å². The molecule has 0 bridgehead atoms. The number of ether oxygens (including phenoxy) is 2. The molecule has 0 radical (unpaired) electrons. The lowest BCUT2D eigenvalue weighted by Gasteiger charge is -2.16. The molecular weight excluding hydrogens is 400 g/mol. The summed E-state index contributed by atoms with van der Waals surface area (Å²) in [5.41, 5.74) is 4.81. The highest BCUT2D eigenvalue weighted by atomic mass is 79.9. The Bertz CT molecular complexity index is 847. The van der Waals surface area contributed by atoms with Crippen molar-refractivity contribution in [2.24, 2.45) is 0 Å². The molecule has 0 aliphatic carbocycles. The lowest BCUT2D eigenvalue weighted by Crippen LogP contribution is -1.99. The zero-order valence-electron chi connectivity index (χ0n) is 15.8. The molecule has 0 saturated heterocycles. The Morgan fingerprint density at radius 3 is 1.59 bits per heavy atom. The molecule has 3 aromatic carbocycles. The number of allylic oxidation sites excluding steroid dienone is 1. The third-order valence-electron chi connectivity index (χ3n) is 4.59. The quantitative estimate of drug-likeness (QED) is 0.446. The predicted molar refractivity (Wildman–Crippen MR) is 116 cm³/mol. The van der Waals surface area contributed by atoms with E-state index in [1.807, 2.05) is 24.3 Å². The van der Waals surface area contributed by atoms with Gasteiger partial charge in [-0.15, -0.1) is 0 Å². The summed E-state index contributed by atoms with van der Waals surface area (Å²) < 4.78 is 11.7. The average molecular weight is 423 g/mol. The normalized spacial score (nSPS) is 11.5. The van der Waals surface area contributed by atoms with Gasteiger partial charge in [-0.2, -0.15) is 0 Å². The molecule has 3 heteroatoms. The van der Waals surface area contributed by atoms with E-state index in [0.29, 0.717) is 0 Å². The van der Waals surface area contributed by atoms with Gasteiger partial charge in [-0.1, -0.05) is 76.1 Å². The monoisotopic (exact) mass is 422 g/mol. The zero-order valence-corrected chi connectivity index (χ0v) is 17.4. The van der Waals surface area contributed by atoms with Crippen LogP contribution in [0, 0.1) is 6.92 Å². The highest BCUT2D eigenvalue weighted by Gasteiger charge is 2.14. The van der Waals surface area contributed by atoms with Crippen LogP contribution in [0.3, 0.4) is 0 Å². The van der Waals surface area contributed by atoms with E-state index in [9.17, 15) is 0 Å². The molecule has 0 amide bonds. The van der Waals surface area contributed by atoms with E-state index in [4.69, 9.17) is 9.47 Å². The minimum absolute atomic E-state index is 0.109. The molecule has 0 aliphatic rings. The van der Waals surface area contributed by atoms with Crippen LogP contribution in [0.5, 0.6) is 11.5 Å². The lowest BCUT2D eigenvalue weighted by molar-refractivity contribution is 0.414. The average Bonchev–Trinajstić information content (AvgIpc) is 2.72. The molecule has 27 heavy (non-hydrogen) atoms. The molecule has 0 atom stereocenters.